The van der Waals surface area contributed by atoms with Crippen LogP contribution in [0.25, 0.3) is 0 Å². The van der Waals surface area contributed by atoms with Crippen LogP contribution in [0.5, 0.6) is 0 Å². The van der Waals surface area contributed by atoms with Crippen LogP contribution in [0.4, 0.5) is 13.2 Å². The molecule has 134 valence electrons. The van der Waals surface area contributed by atoms with Crippen LogP contribution in [-0.2, 0) is 16.0 Å². The first-order valence-corrected chi connectivity index (χ1v) is 10.5. The van der Waals surface area contributed by atoms with Crippen molar-refractivity contribution in [3.8, 4) is 0 Å². The van der Waals surface area contributed by atoms with Crippen molar-refractivity contribution in [3.63, 3.8) is 0 Å². The fourth-order valence-electron chi connectivity index (χ4n) is 3.09. The third-order valence-corrected chi connectivity index (χ3v) is 8.93. The molecule has 4 rings (SSSR count). The molecule has 0 atom stereocenters. The molecule has 0 saturated heterocycles. The zero-order valence-electron chi connectivity index (χ0n) is 13.2. The predicted octanol–water partition coefficient (Wildman–Crippen LogP) is 5.33. The molecular weight excluding hydrogens is 381 g/mol. The van der Waals surface area contributed by atoms with Gasteiger partial charge >= 0.3 is 6.18 Å². The standard InChI is InChI=1S/C19H13F3O2S2/c20-19(21,22)13-6-5-7-14(12-13)25-15-8-1-3-10-17(15)26(23,24)18-11-4-2-9-16(18)25/h1-12,25H. The molecule has 0 radical (unpaired) electrons. The van der Waals surface area contributed by atoms with Gasteiger partial charge in [0, 0.05) is 9.79 Å². The molecule has 3 aromatic carbocycles. The van der Waals surface area contributed by atoms with Crippen molar-refractivity contribution in [2.75, 3.05) is 0 Å². The molecule has 0 saturated carbocycles. The predicted molar refractivity (Wildman–Crippen MR) is 93.6 cm³/mol. The number of hydrogen-bond acceptors (Lipinski definition) is 2. The highest BCUT2D eigenvalue weighted by Gasteiger charge is 2.36. The van der Waals surface area contributed by atoms with E-state index in [9.17, 15) is 21.6 Å². The Kier molecular flexibility index (Phi) is 3.89. The zero-order valence-corrected chi connectivity index (χ0v) is 14.9. The molecule has 3 aromatic rings. The molecule has 1 aliphatic heterocycles. The van der Waals surface area contributed by atoms with Gasteiger partial charge in [0.25, 0.3) is 0 Å². The smallest absolute Gasteiger partial charge is 0.218 e. The number of benzene rings is 3. The van der Waals surface area contributed by atoms with Crippen LogP contribution in [-0.4, -0.2) is 8.42 Å². The molecule has 0 unspecified atom stereocenters. The maximum atomic E-state index is 13.2. The Hall–Kier alpha value is -2.25. The highest BCUT2D eigenvalue weighted by molar-refractivity contribution is 8.18. The molecule has 1 aliphatic rings. The number of thiol groups is 1. The minimum Gasteiger partial charge on any atom is -0.218 e. The third kappa shape index (κ3) is 2.62. The molecule has 0 bridgehead atoms. The van der Waals surface area contributed by atoms with Crippen molar-refractivity contribution in [1.82, 2.24) is 0 Å². The number of sulfone groups is 1. The second-order valence-corrected chi connectivity index (χ2v) is 9.86. The van der Waals surface area contributed by atoms with Gasteiger partial charge in [-0.3, -0.25) is 0 Å². The Morgan fingerprint density at radius 1 is 0.731 bits per heavy atom. The van der Waals surface area contributed by atoms with Gasteiger partial charge in [-0.05, 0) is 47.4 Å². The molecule has 0 N–H and O–H groups in total. The lowest BCUT2D eigenvalue weighted by Crippen LogP contribution is -2.12. The van der Waals surface area contributed by atoms with Crippen molar-refractivity contribution in [2.24, 2.45) is 0 Å². The van der Waals surface area contributed by atoms with E-state index in [0.29, 0.717) is 14.7 Å². The lowest BCUT2D eigenvalue weighted by Gasteiger charge is -2.31. The Morgan fingerprint density at radius 3 is 1.81 bits per heavy atom. The molecular formula is C19H13F3O2S2. The minimum atomic E-state index is -4.45. The van der Waals surface area contributed by atoms with Gasteiger partial charge < -0.3 is 0 Å². The van der Waals surface area contributed by atoms with Gasteiger partial charge in [-0.25, -0.2) is 8.42 Å². The van der Waals surface area contributed by atoms with Gasteiger partial charge in [0.2, 0.25) is 9.84 Å². The van der Waals surface area contributed by atoms with Crippen LogP contribution in [0.15, 0.2) is 97.3 Å². The lowest BCUT2D eigenvalue weighted by atomic mass is 10.2. The number of alkyl halides is 3. The van der Waals surface area contributed by atoms with E-state index < -0.39 is 32.5 Å². The van der Waals surface area contributed by atoms with Crippen molar-refractivity contribution in [2.45, 2.75) is 30.7 Å². The van der Waals surface area contributed by atoms with E-state index in [1.165, 1.54) is 18.2 Å². The van der Waals surface area contributed by atoms with Gasteiger partial charge in [-0.1, -0.05) is 30.3 Å². The van der Waals surface area contributed by atoms with E-state index in [1.807, 2.05) is 0 Å². The van der Waals surface area contributed by atoms with E-state index in [-0.39, 0.29) is 9.79 Å². The van der Waals surface area contributed by atoms with Crippen LogP contribution in [0.3, 0.4) is 0 Å². The molecule has 0 fully saturated rings. The molecule has 1 heterocycles. The molecule has 0 aliphatic carbocycles. The van der Waals surface area contributed by atoms with Crippen molar-refractivity contribution < 1.29 is 21.6 Å². The molecule has 0 spiro atoms. The first-order chi connectivity index (χ1) is 12.3. The largest absolute Gasteiger partial charge is 0.416 e. The summed E-state index contributed by atoms with van der Waals surface area (Å²) in [5.74, 6) is 0. The highest BCUT2D eigenvalue weighted by atomic mass is 32.2. The second-order valence-electron chi connectivity index (χ2n) is 5.82. The van der Waals surface area contributed by atoms with Crippen molar-refractivity contribution in [3.05, 3.63) is 78.4 Å². The third-order valence-electron chi connectivity index (χ3n) is 4.22. The zero-order chi connectivity index (χ0) is 18.5. The summed E-state index contributed by atoms with van der Waals surface area (Å²) in [5, 5.41) is 0. The fraction of sp³-hybridized carbons (Fsp3) is 0.0526. The summed E-state index contributed by atoms with van der Waals surface area (Å²) in [5.41, 5.74) is -0.735. The van der Waals surface area contributed by atoms with Crippen molar-refractivity contribution >= 4 is 20.7 Å². The van der Waals surface area contributed by atoms with Gasteiger partial charge in [-0.2, -0.15) is 24.1 Å². The number of rotatable bonds is 1. The van der Waals surface area contributed by atoms with E-state index in [0.717, 1.165) is 12.1 Å². The Bertz CT molecular complexity index is 1050. The molecule has 2 nitrogen and oxygen atoms in total. The molecule has 0 amide bonds. The Labute approximate surface area is 151 Å². The lowest BCUT2D eigenvalue weighted by molar-refractivity contribution is -0.137. The number of fused-ring (bicyclic) bond motifs is 2. The Morgan fingerprint density at radius 2 is 1.27 bits per heavy atom. The summed E-state index contributed by atoms with van der Waals surface area (Å²) in [6.45, 7) is 0. The summed E-state index contributed by atoms with van der Waals surface area (Å²) >= 11 is 0. The normalized spacial score (nSPS) is 16.7. The average Bonchev–Trinajstić information content (AvgIpc) is 2.62. The molecule has 26 heavy (non-hydrogen) atoms. The number of halogens is 3. The summed E-state index contributed by atoms with van der Waals surface area (Å²) in [4.78, 5) is 1.93. The monoisotopic (exact) mass is 394 g/mol. The van der Waals surface area contributed by atoms with Gasteiger partial charge in [0.15, 0.2) is 0 Å². The van der Waals surface area contributed by atoms with Crippen LogP contribution < -0.4 is 0 Å². The van der Waals surface area contributed by atoms with E-state index in [1.54, 1.807) is 42.5 Å². The summed E-state index contributed by atoms with van der Waals surface area (Å²) < 4.78 is 65.3. The van der Waals surface area contributed by atoms with Crippen LogP contribution >= 0.6 is 10.9 Å². The first kappa shape index (κ1) is 17.2. The minimum absolute atomic E-state index is 0.169. The SMILES string of the molecule is O=S1(=O)c2ccccc2[SH](c2cccc(C(F)(F)F)c2)c2ccccc21. The first-order valence-electron chi connectivity index (χ1n) is 7.71. The topological polar surface area (TPSA) is 34.1 Å². The van der Waals surface area contributed by atoms with E-state index >= 15 is 0 Å². The number of hydrogen-bond donors (Lipinski definition) is 1. The summed E-state index contributed by atoms with van der Waals surface area (Å²) in [6.07, 6.45) is -4.45. The van der Waals surface area contributed by atoms with Crippen LogP contribution in [0.1, 0.15) is 5.56 Å². The highest BCUT2D eigenvalue weighted by Crippen LogP contribution is 2.59. The van der Waals surface area contributed by atoms with Crippen LogP contribution in [0.2, 0.25) is 0 Å². The average molecular weight is 394 g/mol. The van der Waals surface area contributed by atoms with Gasteiger partial charge in [-0.15, -0.1) is 0 Å². The quantitative estimate of drug-likeness (QED) is 0.443. The second kappa shape index (κ2) is 5.89. The summed E-state index contributed by atoms with van der Waals surface area (Å²) in [6, 6.07) is 18.2. The van der Waals surface area contributed by atoms with Gasteiger partial charge in [0.1, 0.15) is 0 Å². The van der Waals surface area contributed by atoms with Crippen molar-refractivity contribution in [1.29, 1.82) is 0 Å². The maximum Gasteiger partial charge on any atom is 0.416 e. The maximum absolute atomic E-state index is 13.2. The molecule has 0 aromatic heterocycles. The van der Waals surface area contributed by atoms with Crippen LogP contribution in [0, 0.1) is 0 Å². The summed E-state index contributed by atoms with van der Waals surface area (Å²) in [7, 11) is -5.09. The van der Waals surface area contributed by atoms with E-state index in [2.05, 4.69) is 0 Å². The Balaban J connectivity index is 2.02. The molecule has 7 heteroatoms. The van der Waals surface area contributed by atoms with E-state index in [4.69, 9.17) is 0 Å². The van der Waals surface area contributed by atoms with Gasteiger partial charge in [0.05, 0.1) is 15.4 Å². The fourth-order valence-corrected chi connectivity index (χ4v) is 8.17.